The van der Waals surface area contributed by atoms with Crippen LogP contribution in [0, 0.1) is 5.92 Å². The summed E-state index contributed by atoms with van der Waals surface area (Å²) in [6.07, 6.45) is 0.726. The molecule has 1 heterocycles. The largest absolute Gasteiger partial charge is 0.361 e. The van der Waals surface area contributed by atoms with Crippen molar-refractivity contribution in [2.45, 2.75) is 33.2 Å². The average molecular weight is 331 g/mol. The van der Waals surface area contributed by atoms with Crippen LogP contribution in [-0.2, 0) is 6.42 Å². The minimum Gasteiger partial charge on any atom is -0.361 e. The molecular formula is C17H21N3O4. The van der Waals surface area contributed by atoms with Gasteiger partial charge in [-0.1, -0.05) is 31.1 Å². The van der Waals surface area contributed by atoms with Crippen LogP contribution in [0.3, 0.4) is 0 Å². The molecule has 0 fully saturated rings. The van der Waals surface area contributed by atoms with Crippen LogP contribution in [0.15, 0.2) is 34.9 Å². The van der Waals surface area contributed by atoms with Crippen molar-refractivity contribution in [3.63, 3.8) is 0 Å². The Morgan fingerprint density at radius 3 is 2.42 bits per heavy atom. The van der Waals surface area contributed by atoms with E-state index < -0.39 is 5.91 Å². The predicted molar refractivity (Wildman–Crippen MR) is 86.6 cm³/mol. The molecule has 1 atom stereocenters. The van der Waals surface area contributed by atoms with Crippen LogP contribution in [-0.4, -0.2) is 22.2 Å². The number of hydrogen-bond donors (Lipinski definition) is 3. The molecule has 0 aliphatic carbocycles. The van der Waals surface area contributed by atoms with Crippen molar-refractivity contribution < 1.29 is 19.3 Å². The number of carbonyl (C=O) groups is 2. The first-order chi connectivity index (χ1) is 11.4. The molecule has 1 aromatic heterocycles. The fraction of sp³-hybridized carbons (Fsp3) is 0.353. The molecule has 0 bridgehead atoms. The van der Waals surface area contributed by atoms with E-state index in [2.05, 4.69) is 24.3 Å². The molecule has 2 amide bonds. The van der Waals surface area contributed by atoms with Gasteiger partial charge < -0.3 is 9.84 Å². The molecule has 0 radical (unpaired) electrons. The number of amides is 2. The van der Waals surface area contributed by atoms with Crippen molar-refractivity contribution in [3.8, 4) is 0 Å². The molecule has 128 valence electrons. The lowest BCUT2D eigenvalue weighted by Gasteiger charge is -2.13. The summed E-state index contributed by atoms with van der Waals surface area (Å²) in [5, 5.41) is 15.2. The SMILES string of the molecule is CC(C)Cc1cc(C(=O)NC(C)c2ccc(C(=O)NO)cc2)no1. The lowest BCUT2D eigenvalue weighted by atomic mass is 10.1. The van der Waals surface area contributed by atoms with E-state index in [0.717, 1.165) is 12.0 Å². The van der Waals surface area contributed by atoms with Gasteiger partial charge >= 0.3 is 0 Å². The number of rotatable bonds is 6. The van der Waals surface area contributed by atoms with Crippen LogP contribution < -0.4 is 10.8 Å². The zero-order valence-corrected chi connectivity index (χ0v) is 13.9. The molecule has 1 unspecified atom stereocenters. The topological polar surface area (TPSA) is 104 Å². The minimum absolute atomic E-state index is 0.244. The van der Waals surface area contributed by atoms with Gasteiger partial charge in [-0.05, 0) is 30.5 Å². The fourth-order valence-electron chi connectivity index (χ4n) is 2.26. The highest BCUT2D eigenvalue weighted by Crippen LogP contribution is 2.15. The van der Waals surface area contributed by atoms with Crippen molar-refractivity contribution in [2.24, 2.45) is 5.92 Å². The second-order valence-electron chi connectivity index (χ2n) is 6.03. The Kier molecular flexibility index (Phi) is 5.70. The number of hydrogen-bond acceptors (Lipinski definition) is 5. The molecule has 0 saturated carbocycles. The van der Waals surface area contributed by atoms with Crippen molar-refractivity contribution in [1.82, 2.24) is 16.0 Å². The van der Waals surface area contributed by atoms with Gasteiger partial charge in [0.05, 0.1) is 6.04 Å². The maximum absolute atomic E-state index is 12.2. The number of nitrogens with one attached hydrogen (secondary N) is 2. The van der Waals surface area contributed by atoms with Gasteiger partial charge in [-0.2, -0.15) is 0 Å². The summed E-state index contributed by atoms with van der Waals surface area (Å²) >= 11 is 0. The smallest absolute Gasteiger partial charge is 0.274 e. The first kappa shape index (κ1) is 17.7. The number of carbonyl (C=O) groups excluding carboxylic acids is 2. The Morgan fingerprint density at radius 2 is 1.83 bits per heavy atom. The van der Waals surface area contributed by atoms with Gasteiger partial charge in [-0.25, -0.2) is 5.48 Å². The second kappa shape index (κ2) is 7.74. The fourth-order valence-corrected chi connectivity index (χ4v) is 2.26. The second-order valence-corrected chi connectivity index (χ2v) is 6.03. The molecule has 7 heteroatoms. The van der Waals surface area contributed by atoms with E-state index >= 15 is 0 Å². The quantitative estimate of drug-likeness (QED) is 0.557. The van der Waals surface area contributed by atoms with Crippen LogP contribution in [0.1, 0.15) is 59.0 Å². The van der Waals surface area contributed by atoms with Gasteiger partial charge in [0.1, 0.15) is 5.76 Å². The first-order valence-electron chi connectivity index (χ1n) is 7.71. The van der Waals surface area contributed by atoms with Crippen molar-refractivity contribution in [1.29, 1.82) is 0 Å². The van der Waals surface area contributed by atoms with Gasteiger partial charge in [0.15, 0.2) is 5.69 Å². The Bertz CT molecular complexity index is 707. The predicted octanol–water partition coefficient (Wildman–Crippen LogP) is 2.48. The summed E-state index contributed by atoms with van der Waals surface area (Å²) < 4.78 is 5.16. The Labute approximate surface area is 140 Å². The van der Waals surface area contributed by atoms with E-state index in [9.17, 15) is 9.59 Å². The van der Waals surface area contributed by atoms with Gasteiger partial charge in [0.2, 0.25) is 0 Å². The molecular weight excluding hydrogens is 310 g/mol. The number of benzene rings is 1. The molecule has 2 aromatic rings. The molecule has 0 spiro atoms. The monoisotopic (exact) mass is 331 g/mol. The van der Waals surface area contributed by atoms with Crippen LogP contribution in [0.25, 0.3) is 0 Å². The molecule has 0 aliphatic rings. The normalized spacial score (nSPS) is 12.0. The molecule has 7 nitrogen and oxygen atoms in total. The summed E-state index contributed by atoms with van der Waals surface area (Å²) in [6, 6.07) is 7.94. The van der Waals surface area contributed by atoms with E-state index in [1.165, 1.54) is 0 Å². The summed E-state index contributed by atoms with van der Waals surface area (Å²) in [5.74, 6) is 0.196. The standard InChI is InChI=1S/C17H21N3O4/c1-10(2)8-14-9-15(20-24-14)17(22)18-11(3)12-4-6-13(7-5-12)16(21)19-23/h4-7,9-11,23H,8H2,1-3H3,(H,18,22)(H,19,21). The van der Waals surface area contributed by atoms with Crippen LogP contribution in [0.5, 0.6) is 0 Å². The number of aromatic nitrogens is 1. The van der Waals surface area contributed by atoms with Gasteiger partial charge in [0.25, 0.3) is 11.8 Å². The average Bonchev–Trinajstić information content (AvgIpc) is 3.02. The number of nitrogens with zero attached hydrogens (tertiary/aromatic N) is 1. The van der Waals surface area contributed by atoms with Crippen LogP contribution in [0.2, 0.25) is 0 Å². The molecule has 2 rings (SSSR count). The van der Waals surface area contributed by atoms with Gasteiger partial charge in [0, 0.05) is 18.1 Å². The summed E-state index contributed by atoms with van der Waals surface area (Å²) in [5.41, 5.74) is 2.97. The highest BCUT2D eigenvalue weighted by Gasteiger charge is 2.16. The maximum Gasteiger partial charge on any atom is 0.274 e. The minimum atomic E-state index is -0.585. The van der Waals surface area contributed by atoms with E-state index in [1.54, 1.807) is 35.8 Å². The Hall–Kier alpha value is -2.67. The zero-order chi connectivity index (χ0) is 17.7. The van der Waals surface area contributed by atoms with Crippen LogP contribution in [0.4, 0.5) is 0 Å². The van der Waals surface area contributed by atoms with Crippen molar-refractivity contribution >= 4 is 11.8 Å². The third-order valence-electron chi connectivity index (χ3n) is 3.52. The maximum atomic E-state index is 12.2. The van der Waals surface area contributed by atoms with Crippen LogP contribution >= 0.6 is 0 Å². The summed E-state index contributed by atoms with van der Waals surface area (Å²) in [4.78, 5) is 23.5. The van der Waals surface area contributed by atoms with Crippen molar-refractivity contribution in [2.75, 3.05) is 0 Å². The highest BCUT2D eigenvalue weighted by atomic mass is 16.5. The lowest BCUT2D eigenvalue weighted by Crippen LogP contribution is -2.27. The zero-order valence-electron chi connectivity index (χ0n) is 13.9. The molecule has 0 saturated heterocycles. The first-order valence-corrected chi connectivity index (χ1v) is 7.71. The van der Waals surface area contributed by atoms with E-state index in [4.69, 9.17) is 9.73 Å². The van der Waals surface area contributed by atoms with Gasteiger partial charge in [-0.3, -0.25) is 14.8 Å². The lowest BCUT2D eigenvalue weighted by molar-refractivity contribution is 0.0706. The number of hydroxylamine groups is 1. The molecule has 24 heavy (non-hydrogen) atoms. The van der Waals surface area contributed by atoms with E-state index in [1.807, 2.05) is 6.92 Å². The third-order valence-corrected chi connectivity index (χ3v) is 3.52. The third kappa shape index (κ3) is 4.42. The summed E-state index contributed by atoms with van der Waals surface area (Å²) in [7, 11) is 0. The van der Waals surface area contributed by atoms with Gasteiger partial charge in [-0.15, -0.1) is 0 Å². The molecule has 3 N–H and O–H groups in total. The molecule has 1 aromatic carbocycles. The highest BCUT2D eigenvalue weighted by molar-refractivity contribution is 5.93. The van der Waals surface area contributed by atoms with E-state index in [-0.39, 0.29) is 17.6 Å². The molecule has 0 aliphatic heterocycles. The van der Waals surface area contributed by atoms with E-state index in [0.29, 0.717) is 17.2 Å². The summed E-state index contributed by atoms with van der Waals surface area (Å²) in [6.45, 7) is 5.95. The van der Waals surface area contributed by atoms with Crippen molar-refractivity contribution in [3.05, 3.63) is 52.9 Å². The Morgan fingerprint density at radius 1 is 1.17 bits per heavy atom. The Balaban J connectivity index is 2.00.